The smallest absolute Gasteiger partial charge is 0.411 e. The van der Waals surface area contributed by atoms with Gasteiger partial charge < -0.3 is 76.0 Å². The van der Waals surface area contributed by atoms with E-state index in [0.29, 0.717) is 0 Å². The number of amides is 6. The molecule has 105 heavy (non-hydrogen) atoms. The number of benzene rings is 3. The van der Waals surface area contributed by atoms with Crippen molar-refractivity contribution < 1.29 is 122 Å². The highest BCUT2D eigenvalue weighted by atomic mass is 32.2. The van der Waals surface area contributed by atoms with Gasteiger partial charge in [0, 0.05) is 50.3 Å². The molecule has 3 aromatic carbocycles. The fourth-order valence-electron chi connectivity index (χ4n) is 10.1. The summed E-state index contributed by atoms with van der Waals surface area (Å²) in [4.78, 5) is 131. The minimum absolute atomic E-state index is 0.00708. The predicted octanol–water partition coefficient (Wildman–Crippen LogP) is 2.04. The molecule has 0 bridgehead atoms. The van der Waals surface area contributed by atoms with Crippen molar-refractivity contribution in [2.45, 2.75) is 194 Å². The molecule has 0 aliphatic carbocycles. The molecule has 0 spiro atoms. The van der Waals surface area contributed by atoms with Gasteiger partial charge in [-0.15, -0.1) is 0 Å². The van der Waals surface area contributed by atoms with Crippen LogP contribution in [0.4, 0.5) is 19.2 Å². The quantitative estimate of drug-likeness (QED) is 0.0641. The average Bonchev–Trinajstić information content (AvgIpc) is 1.66. The first-order valence-electron chi connectivity index (χ1n) is 32.5. The third-order valence-corrected chi connectivity index (χ3v) is 18.9. The molecule has 4 heterocycles. The number of carbonyl (C=O) groups excluding carboxylic acids is 7. The van der Waals surface area contributed by atoms with Crippen LogP contribution in [-0.4, -0.2) is 255 Å². The van der Waals surface area contributed by atoms with E-state index in [1.807, 2.05) is 0 Å². The molecule has 13 N–H and O–H groups in total. The second-order valence-electron chi connectivity index (χ2n) is 27.9. The summed E-state index contributed by atoms with van der Waals surface area (Å²) in [5.74, 6) is -6.26. The molecule has 0 radical (unpaired) electrons. The Bertz CT molecular complexity index is 3850. The highest BCUT2D eigenvalue weighted by molar-refractivity contribution is 7.90. The van der Waals surface area contributed by atoms with Crippen LogP contribution >= 0.6 is 0 Å². The molecule has 6 amide bonds. The first-order valence-corrected chi connectivity index (χ1v) is 36.9. The molecule has 586 valence electrons. The summed E-state index contributed by atoms with van der Waals surface area (Å²) < 4.78 is 107. The van der Waals surface area contributed by atoms with Crippen molar-refractivity contribution in [1.82, 2.24) is 44.4 Å². The van der Waals surface area contributed by atoms with E-state index in [1.54, 1.807) is 138 Å². The molecule has 37 nitrogen and oxygen atoms in total. The van der Waals surface area contributed by atoms with Crippen LogP contribution in [0, 0.1) is 0 Å². The van der Waals surface area contributed by atoms with Crippen LogP contribution < -0.4 is 36.3 Å². The lowest BCUT2D eigenvalue weighted by Gasteiger charge is -2.26. The second kappa shape index (κ2) is 38.6. The van der Waals surface area contributed by atoms with Crippen LogP contribution in [0.5, 0.6) is 0 Å². The van der Waals surface area contributed by atoms with Crippen LogP contribution in [0.15, 0.2) is 106 Å². The molecule has 0 saturated carbocycles. The number of hydrogen-bond acceptors (Lipinski definition) is 24. The summed E-state index contributed by atoms with van der Waals surface area (Å²) in [6.45, 7) is 19.3. The number of esters is 1. The summed E-state index contributed by atoms with van der Waals surface area (Å²) in [5, 5.41) is 40.0. The SMILES string of the molecule is CC(C)(C)OC(=O)N1C[C@H](N)C[C@H]1C(=O)O.CC(C)(C)OC(=O)N1C[C@H](NS(=O)(=O)c2ccccc2)C[C@H]1C(=O)O.CC(C)(C)OC(=O)NCC(=O)O.COC(=O)[C@@H]1C[C@@H](NS(=O)(=O)c2ccccc2)CN1C(=O)CNC(=O)OC(C)(C)C.NCC(=O)N1C[C@H](NS(=O)(=O)c2ccccc2)C[C@H]1C(=O)O. The van der Waals surface area contributed by atoms with E-state index in [0.717, 1.165) is 9.80 Å². The standard InChI is InChI=1S/C19H27N3O7S.C16H22N2O6S.C13H17N3O5S.C10H18N2O4.C7H13NO4/c1-19(2,3)29-18(25)20-11-16(23)22-12-13(10-15(22)17(24)28-4)21-30(26,27)14-8-6-5-7-9-14;1-16(2,3)24-15(21)18-10-11(9-13(18)14(19)20)17-25(22,23)12-7-5-4-6-8-12;14-7-12(17)16-8-9(6-11(16)13(18)19)15-22(20,21)10-4-2-1-3-5-10;1-10(2,3)16-9(15)12-5-6(11)4-7(12)8(13)14;1-7(2,3)12-6(11)8-4-5(9)10/h5-9,13,15,21H,10-12H2,1-4H3,(H,20,25);4-8,11,13,17H,9-10H2,1-3H3,(H,19,20);1-5,9,11,15H,6-8,14H2,(H,18,19);6-7H,4-5,11H2,1-3H3,(H,13,14);4H2,1-3H3,(H,8,11)(H,9,10)/t13-,15+;11-,13+;9-,11+;6-,7+;/m1111./s1. The van der Waals surface area contributed by atoms with Crippen molar-refractivity contribution in [1.29, 1.82) is 0 Å². The van der Waals surface area contributed by atoms with E-state index in [-0.39, 0.29) is 79.1 Å². The van der Waals surface area contributed by atoms with Gasteiger partial charge in [-0.3, -0.25) is 24.2 Å². The lowest BCUT2D eigenvalue weighted by atomic mass is 10.2. The van der Waals surface area contributed by atoms with E-state index >= 15 is 0 Å². The van der Waals surface area contributed by atoms with Crippen molar-refractivity contribution in [2.75, 3.05) is 52.9 Å². The summed E-state index contributed by atoms with van der Waals surface area (Å²) in [6, 6.07) is 16.9. The summed E-state index contributed by atoms with van der Waals surface area (Å²) in [7, 11) is -10.2. The number of hydrogen-bond donors (Lipinski definition) is 11. The number of nitrogens with two attached hydrogens (primary N) is 2. The molecular formula is C65H97N11O26S3. The zero-order chi connectivity index (χ0) is 80.0. The Labute approximate surface area is 609 Å². The van der Waals surface area contributed by atoms with Crippen LogP contribution in [0.2, 0.25) is 0 Å². The Kier molecular flexibility index (Phi) is 33.1. The normalized spacial score (nSPS) is 20.2. The van der Waals surface area contributed by atoms with Crippen molar-refractivity contribution in [3.8, 4) is 0 Å². The number of likely N-dealkylation sites (tertiary alicyclic amines) is 4. The number of carboxylic acids is 4. The van der Waals surface area contributed by atoms with Gasteiger partial charge in [0.1, 0.15) is 59.7 Å². The van der Waals surface area contributed by atoms with Gasteiger partial charge in [-0.2, -0.15) is 0 Å². The number of carboxylic acid groups (broad SMARTS) is 4. The topological polar surface area (TPSA) is 542 Å². The van der Waals surface area contributed by atoms with Crippen molar-refractivity contribution in [2.24, 2.45) is 11.5 Å². The zero-order valence-electron chi connectivity index (χ0n) is 60.5. The van der Waals surface area contributed by atoms with Gasteiger partial charge >= 0.3 is 54.2 Å². The maximum absolute atomic E-state index is 12.6. The lowest BCUT2D eigenvalue weighted by molar-refractivity contribution is -0.150. The Morgan fingerprint density at radius 3 is 1.04 bits per heavy atom. The maximum Gasteiger partial charge on any atom is 0.411 e. The number of aliphatic carboxylic acids is 4. The Balaban J connectivity index is 0.000000351. The molecule has 40 heteroatoms. The summed E-state index contributed by atoms with van der Waals surface area (Å²) in [5.41, 5.74) is 8.17. The Morgan fingerprint density at radius 2 is 0.724 bits per heavy atom. The number of ether oxygens (including phenoxy) is 5. The highest BCUT2D eigenvalue weighted by Crippen LogP contribution is 2.26. The van der Waals surface area contributed by atoms with E-state index in [1.165, 1.54) is 53.3 Å². The summed E-state index contributed by atoms with van der Waals surface area (Å²) >= 11 is 0. The number of nitrogens with zero attached hydrogens (tertiary/aromatic N) is 4. The molecule has 4 saturated heterocycles. The molecule has 3 aromatic rings. The van der Waals surface area contributed by atoms with E-state index in [4.69, 9.17) is 50.5 Å². The first-order chi connectivity index (χ1) is 48.3. The van der Waals surface area contributed by atoms with Crippen molar-refractivity contribution in [3.05, 3.63) is 91.0 Å². The third kappa shape index (κ3) is 31.1. The van der Waals surface area contributed by atoms with Gasteiger partial charge in [0.2, 0.25) is 41.9 Å². The van der Waals surface area contributed by atoms with Gasteiger partial charge in [-0.25, -0.2) is 77.8 Å². The third-order valence-electron chi connectivity index (χ3n) is 14.3. The number of carbonyl (C=O) groups is 11. The van der Waals surface area contributed by atoms with Crippen molar-refractivity contribution >= 4 is 96.1 Å². The average molecular weight is 1540 g/mol. The molecule has 0 unspecified atom stereocenters. The summed E-state index contributed by atoms with van der Waals surface area (Å²) in [6.07, 6.45) is -2.58. The van der Waals surface area contributed by atoms with Gasteiger partial charge in [0.15, 0.2) is 0 Å². The van der Waals surface area contributed by atoms with E-state index < -0.39 is 174 Å². The molecule has 7 rings (SSSR count). The van der Waals surface area contributed by atoms with E-state index in [9.17, 15) is 83.1 Å². The molecular weight excluding hydrogens is 1450 g/mol. The molecule has 8 atom stereocenters. The largest absolute Gasteiger partial charge is 0.480 e. The monoisotopic (exact) mass is 1540 g/mol. The van der Waals surface area contributed by atoms with Gasteiger partial charge in [0.05, 0.1) is 28.3 Å². The predicted molar refractivity (Wildman–Crippen MR) is 373 cm³/mol. The first kappa shape index (κ1) is 89.9. The highest BCUT2D eigenvalue weighted by Gasteiger charge is 2.46. The van der Waals surface area contributed by atoms with Crippen LogP contribution in [0.1, 0.15) is 109 Å². The van der Waals surface area contributed by atoms with Crippen LogP contribution in [0.3, 0.4) is 0 Å². The van der Waals surface area contributed by atoms with Crippen LogP contribution in [0.25, 0.3) is 0 Å². The molecule has 4 fully saturated rings. The number of rotatable bonds is 18. The maximum atomic E-state index is 12.6. The van der Waals surface area contributed by atoms with Gasteiger partial charge in [0.25, 0.3) is 0 Å². The minimum atomic E-state index is -3.82. The number of methoxy groups -OCH3 is 1. The molecule has 4 aliphatic rings. The zero-order valence-corrected chi connectivity index (χ0v) is 62.9. The Hall–Kier alpha value is -9.32. The van der Waals surface area contributed by atoms with Crippen molar-refractivity contribution in [3.63, 3.8) is 0 Å². The number of alkyl carbamates (subject to hydrolysis) is 2. The second-order valence-corrected chi connectivity index (χ2v) is 33.0. The fraction of sp³-hybridized carbons (Fsp3) is 0.554. The number of sulfonamides is 3. The van der Waals surface area contributed by atoms with Gasteiger partial charge in [-0.1, -0.05) is 54.6 Å². The lowest BCUT2D eigenvalue weighted by Crippen LogP contribution is -2.47. The fourth-order valence-corrected chi connectivity index (χ4v) is 13.9. The minimum Gasteiger partial charge on any atom is -0.480 e. The molecule has 4 aliphatic heterocycles. The van der Waals surface area contributed by atoms with E-state index in [2.05, 4.69) is 24.8 Å². The van der Waals surface area contributed by atoms with Crippen LogP contribution in [-0.2, 0) is 87.3 Å². The number of nitrogens with one attached hydrogen (secondary N) is 5. The molecule has 0 aromatic heterocycles. The van der Waals surface area contributed by atoms with Gasteiger partial charge in [-0.05, 0) is 145 Å². The Morgan fingerprint density at radius 1 is 0.429 bits per heavy atom.